The maximum absolute atomic E-state index is 12.0. The van der Waals surface area contributed by atoms with Gasteiger partial charge >= 0.3 is 0 Å². The molecule has 0 unspecified atom stereocenters. The van der Waals surface area contributed by atoms with E-state index in [4.69, 9.17) is 11.6 Å². The van der Waals surface area contributed by atoms with Gasteiger partial charge in [-0.1, -0.05) is 25.4 Å². The van der Waals surface area contributed by atoms with Crippen molar-refractivity contribution in [1.82, 2.24) is 5.32 Å². The molecule has 0 radical (unpaired) electrons. The van der Waals surface area contributed by atoms with Crippen molar-refractivity contribution in [2.75, 3.05) is 6.54 Å². The molecule has 18 heavy (non-hydrogen) atoms. The minimum Gasteiger partial charge on any atom is -0.351 e. The van der Waals surface area contributed by atoms with Crippen LogP contribution in [0.15, 0.2) is 18.2 Å². The molecule has 4 heteroatoms. The lowest BCUT2D eigenvalue weighted by Crippen LogP contribution is -2.32. The smallest absolute Gasteiger partial charge is 0.251 e. The van der Waals surface area contributed by atoms with Crippen molar-refractivity contribution in [2.24, 2.45) is 11.3 Å². The molecule has 1 fully saturated rings. The van der Waals surface area contributed by atoms with Crippen LogP contribution < -0.4 is 5.32 Å². The van der Waals surface area contributed by atoms with Gasteiger partial charge in [0.1, 0.15) is 0 Å². The zero-order valence-electron chi connectivity index (χ0n) is 10.6. The van der Waals surface area contributed by atoms with E-state index < -0.39 is 0 Å². The summed E-state index contributed by atoms with van der Waals surface area (Å²) in [4.78, 5) is 12.0. The molecule has 0 aromatic heterocycles. The van der Waals surface area contributed by atoms with Crippen molar-refractivity contribution in [3.63, 3.8) is 0 Å². The van der Waals surface area contributed by atoms with Crippen molar-refractivity contribution in [1.29, 1.82) is 0 Å². The average Bonchev–Trinajstić information content (AvgIpc) is 3.11. The van der Waals surface area contributed by atoms with Crippen LogP contribution in [0, 0.1) is 14.9 Å². The number of rotatable bonds is 4. The lowest BCUT2D eigenvalue weighted by atomic mass is 9.92. The highest BCUT2D eigenvalue weighted by atomic mass is 127. The topological polar surface area (TPSA) is 29.1 Å². The van der Waals surface area contributed by atoms with Crippen LogP contribution in [0.2, 0.25) is 5.02 Å². The van der Waals surface area contributed by atoms with E-state index in [1.165, 1.54) is 12.8 Å². The molecule has 0 spiro atoms. The summed E-state index contributed by atoms with van der Waals surface area (Å²) in [6.07, 6.45) is 2.44. The van der Waals surface area contributed by atoms with Crippen LogP contribution >= 0.6 is 34.2 Å². The van der Waals surface area contributed by atoms with Crippen molar-refractivity contribution in [3.05, 3.63) is 32.4 Å². The van der Waals surface area contributed by atoms with Gasteiger partial charge in [0.15, 0.2) is 0 Å². The van der Waals surface area contributed by atoms with Crippen LogP contribution in [0.25, 0.3) is 0 Å². The molecule has 0 saturated heterocycles. The van der Waals surface area contributed by atoms with Gasteiger partial charge in [0.25, 0.3) is 5.91 Å². The monoisotopic (exact) mass is 377 g/mol. The maximum Gasteiger partial charge on any atom is 0.251 e. The molecule has 0 bridgehead atoms. The Morgan fingerprint density at radius 3 is 2.67 bits per heavy atom. The fourth-order valence-corrected chi connectivity index (χ4v) is 2.63. The highest BCUT2D eigenvalue weighted by Crippen LogP contribution is 2.51. The third kappa shape index (κ3) is 2.99. The molecule has 2 nitrogen and oxygen atoms in total. The number of halogens is 2. The van der Waals surface area contributed by atoms with E-state index in [1.807, 2.05) is 12.1 Å². The average molecular weight is 378 g/mol. The van der Waals surface area contributed by atoms with Gasteiger partial charge in [-0.3, -0.25) is 4.79 Å². The van der Waals surface area contributed by atoms with Crippen molar-refractivity contribution < 1.29 is 4.79 Å². The van der Waals surface area contributed by atoms with Gasteiger partial charge in [-0.2, -0.15) is 0 Å². The quantitative estimate of drug-likeness (QED) is 0.786. The zero-order valence-corrected chi connectivity index (χ0v) is 13.5. The number of carbonyl (C=O) groups is 1. The largest absolute Gasteiger partial charge is 0.351 e. The van der Waals surface area contributed by atoms with Gasteiger partial charge in [0.2, 0.25) is 0 Å². The summed E-state index contributed by atoms with van der Waals surface area (Å²) in [6, 6.07) is 5.42. The Morgan fingerprint density at radius 2 is 2.17 bits per heavy atom. The van der Waals surface area contributed by atoms with Gasteiger partial charge < -0.3 is 5.32 Å². The maximum atomic E-state index is 12.0. The SMILES string of the molecule is CC(C)C1(CNC(=O)c2ccc(I)c(Cl)c2)CC1. The summed E-state index contributed by atoms with van der Waals surface area (Å²) in [5, 5.41) is 3.66. The molecule has 1 amide bonds. The lowest BCUT2D eigenvalue weighted by Gasteiger charge is -2.20. The summed E-state index contributed by atoms with van der Waals surface area (Å²) in [6.45, 7) is 5.22. The third-order valence-corrected chi connectivity index (χ3v) is 5.47. The van der Waals surface area contributed by atoms with Crippen molar-refractivity contribution >= 4 is 40.1 Å². The number of amides is 1. The fourth-order valence-electron chi connectivity index (χ4n) is 2.11. The highest BCUT2D eigenvalue weighted by molar-refractivity contribution is 14.1. The standard InChI is InChI=1S/C14H17ClINO/c1-9(2)14(5-6-14)8-17-13(18)10-3-4-12(16)11(15)7-10/h3-4,7,9H,5-6,8H2,1-2H3,(H,17,18). The van der Waals surface area contributed by atoms with Crippen LogP contribution in [0.4, 0.5) is 0 Å². The predicted octanol–water partition coefficient (Wildman–Crippen LogP) is 4.11. The Balaban J connectivity index is 1.98. The highest BCUT2D eigenvalue weighted by Gasteiger charge is 2.45. The van der Waals surface area contributed by atoms with E-state index in [0.29, 0.717) is 21.9 Å². The first kappa shape index (κ1) is 14.1. The molecule has 1 N–H and O–H groups in total. The third-order valence-electron chi connectivity index (χ3n) is 3.90. The lowest BCUT2D eigenvalue weighted by molar-refractivity contribution is 0.0939. The van der Waals surface area contributed by atoms with Gasteiger partial charge in [0.05, 0.1) is 5.02 Å². The summed E-state index contributed by atoms with van der Waals surface area (Å²) >= 11 is 8.18. The van der Waals surface area contributed by atoms with Gasteiger partial charge in [-0.05, 0) is 65.0 Å². The second-order valence-electron chi connectivity index (χ2n) is 5.33. The molecule has 1 saturated carbocycles. The van der Waals surface area contributed by atoms with E-state index in [9.17, 15) is 4.79 Å². The predicted molar refractivity (Wildman–Crippen MR) is 83.0 cm³/mol. The normalized spacial score (nSPS) is 16.7. The van der Waals surface area contributed by atoms with E-state index in [1.54, 1.807) is 6.07 Å². The van der Waals surface area contributed by atoms with Crippen molar-refractivity contribution in [2.45, 2.75) is 26.7 Å². The Morgan fingerprint density at radius 1 is 1.50 bits per heavy atom. The van der Waals surface area contributed by atoms with E-state index in [2.05, 4.69) is 41.8 Å². The molecule has 1 aromatic rings. The summed E-state index contributed by atoms with van der Waals surface area (Å²) in [5.41, 5.74) is 0.975. The van der Waals surface area contributed by atoms with Crippen LogP contribution in [-0.4, -0.2) is 12.5 Å². The molecule has 0 atom stereocenters. The van der Waals surface area contributed by atoms with Gasteiger partial charge in [0, 0.05) is 15.7 Å². The van der Waals surface area contributed by atoms with E-state index >= 15 is 0 Å². The fraction of sp³-hybridized carbons (Fsp3) is 0.500. The van der Waals surface area contributed by atoms with E-state index in [-0.39, 0.29) is 5.91 Å². The Kier molecular flexibility index (Phi) is 4.22. The first-order valence-electron chi connectivity index (χ1n) is 6.18. The van der Waals surface area contributed by atoms with Crippen molar-refractivity contribution in [3.8, 4) is 0 Å². The number of hydrogen-bond acceptors (Lipinski definition) is 1. The Labute approximate surface area is 127 Å². The van der Waals surface area contributed by atoms with Crippen LogP contribution in [-0.2, 0) is 0 Å². The molecule has 98 valence electrons. The zero-order chi connectivity index (χ0) is 13.3. The molecule has 1 aliphatic carbocycles. The molecular weight excluding hydrogens is 361 g/mol. The number of benzene rings is 1. The molecule has 2 rings (SSSR count). The van der Waals surface area contributed by atoms with Crippen LogP contribution in [0.1, 0.15) is 37.0 Å². The first-order chi connectivity index (χ1) is 8.44. The number of hydrogen-bond donors (Lipinski definition) is 1. The summed E-state index contributed by atoms with van der Waals surface area (Å²) < 4.78 is 0.965. The first-order valence-corrected chi connectivity index (χ1v) is 7.63. The van der Waals surface area contributed by atoms with E-state index in [0.717, 1.165) is 10.1 Å². The minimum absolute atomic E-state index is 0.0276. The second kappa shape index (κ2) is 5.37. The van der Waals surface area contributed by atoms with Gasteiger partial charge in [-0.25, -0.2) is 0 Å². The Bertz CT molecular complexity index is 469. The second-order valence-corrected chi connectivity index (χ2v) is 6.90. The van der Waals surface area contributed by atoms with Gasteiger partial charge in [-0.15, -0.1) is 0 Å². The molecule has 0 heterocycles. The van der Waals surface area contributed by atoms with Crippen LogP contribution in [0.3, 0.4) is 0 Å². The molecule has 1 aromatic carbocycles. The summed E-state index contributed by atoms with van der Waals surface area (Å²) in [5.74, 6) is 0.596. The van der Waals surface area contributed by atoms with Crippen LogP contribution in [0.5, 0.6) is 0 Å². The molecular formula is C14H17ClINO. The molecule has 0 aliphatic heterocycles. The summed E-state index contributed by atoms with van der Waals surface area (Å²) in [7, 11) is 0. The number of carbonyl (C=O) groups excluding carboxylic acids is 1. The Hall–Kier alpha value is -0.290. The molecule has 1 aliphatic rings. The minimum atomic E-state index is -0.0276. The number of nitrogens with one attached hydrogen (secondary N) is 1.